The molecule has 320 valence electrons. The van der Waals surface area contributed by atoms with Gasteiger partial charge in [-0.3, -0.25) is 24.5 Å². The van der Waals surface area contributed by atoms with Crippen molar-refractivity contribution in [2.75, 3.05) is 49.1 Å². The van der Waals surface area contributed by atoms with Gasteiger partial charge in [-0.1, -0.05) is 19.1 Å². The number of amides is 4. The maximum Gasteiger partial charge on any atom is 0.258 e. The van der Waals surface area contributed by atoms with Gasteiger partial charge in [0.2, 0.25) is 23.6 Å². The number of nitrogens with one attached hydrogen (secondary N) is 2. The van der Waals surface area contributed by atoms with Gasteiger partial charge in [-0.2, -0.15) is 5.10 Å². The number of pyridine rings is 1. The second kappa shape index (κ2) is 14.2. The molecule has 11 rings (SSSR count). The van der Waals surface area contributed by atoms with Crippen molar-refractivity contribution in [3.63, 3.8) is 0 Å². The molecule has 4 atom stereocenters. The molecular weight excluding hydrogens is 783 g/mol. The predicted octanol–water partition coefficient (Wildman–Crippen LogP) is 6.28. The highest BCUT2D eigenvalue weighted by atomic mass is 19.3. The van der Waals surface area contributed by atoms with E-state index in [0.29, 0.717) is 70.7 Å². The van der Waals surface area contributed by atoms with Crippen LogP contribution in [0.2, 0.25) is 0 Å². The molecule has 6 fully saturated rings. The maximum atomic E-state index is 15.1. The van der Waals surface area contributed by atoms with Crippen LogP contribution in [0.15, 0.2) is 42.6 Å². The van der Waals surface area contributed by atoms with E-state index in [4.69, 9.17) is 9.84 Å². The average molecular weight is 835 g/mol. The number of hydrogen-bond donors (Lipinski definition) is 2. The van der Waals surface area contributed by atoms with Crippen molar-refractivity contribution in [2.45, 2.75) is 102 Å². The summed E-state index contributed by atoms with van der Waals surface area (Å²) in [6.45, 7) is 5.50. The molecule has 2 N–H and O–H groups in total. The molecule has 3 unspecified atom stereocenters. The largest absolute Gasteiger partial charge is 0.357 e. The summed E-state index contributed by atoms with van der Waals surface area (Å²) in [5.41, 5.74) is 4.21. The molecule has 2 aliphatic carbocycles. The zero-order valence-electron chi connectivity index (χ0n) is 34.6. The van der Waals surface area contributed by atoms with Crippen molar-refractivity contribution in [2.24, 2.45) is 22.7 Å². The molecule has 1 spiro atoms. The second-order valence-electron chi connectivity index (χ2n) is 19.0. The van der Waals surface area contributed by atoms with E-state index in [1.807, 2.05) is 50.9 Å². The Bertz CT molecular complexity index is 2440. The van der Waals surface area contributed by atoms with E-state index in [9.17, 15) is 19.2 Å². The highest BCUT2D eigenvalue weighted by Gasteiger charge is 2.78. The van der Waals surface area contributed by atoms with Crippen LogP contribution in [0.3, 0.4) is 0 Å². The number of fused-ring (bicyclic) bond motifs is 3. The average Bonchev–Trinajstić information content (AvgIpc) is 3.76. The van der Waals surface area contributed by atoms with Gasteiger partial charge in [0.1, 0.15) is 17.7 Å². The first-order valence-corrected chi connectivity index (χ1v) is 22.3. The molecule has 0 radical (unpaired) electrons. The van der Waals surface area contributed by atoms with E-state index in [1.54, 1.807) is 13.1 Å². The fourth-order valence-electron chi connectivity index (χ4n) is 11.6. The fraction of sp³-hybridized carbons (Fsp3) is 0.565. The monoisotopic (exact) mass is 834 g/mol. The number of halogens is 2. The number of hydrogen-bond acceptors (Lipinski definition) is 8. The van der Waals surface area contributed by atoms with Crippen LogP contribution in [-0.2, 0) is 36.8 Å². The van der Waals surface area contributed by atoms with Gasteiger partial charge >= 0.3 is 0 Å². The zero-order valence-corrected chi connectivity index (χ0v) is 34.6. The molecule has 0 bridgehead atoms. The van der Waals surface area contributed by atoms with E-state index >= 15 is 8.78 Å². The van der Waals surface area contributed by atoms with Crippen molar-refractivity contribution < 1.29 is 32.7 Å². The summed E-state index contributed by atoms with van der Waals surface area (Å²) in [6.07, 6.45) is 9.15. The van der Waals surface area contributed by atoms with Gasteiger partial charge in [0.25, 0.3) is 5.92 Å². The number of nitrogens with zero attached hydrogens (tertiary/aromatic N) is 6. The van der Waals surface area contributed by atoms with Crippen LogP contribution in [0.1, 0.15) is 100 Å². The number of benzene rings is 1. The first-order valence-electron chi connectivity index (χ1n) is 22.3. The van der Waals surface area contributed by atoms with E-state index in [1.165, 1.54) is 0 Å². The van der Waals surface area contributed by atoms with Gasteiger partial charge in [-0.15, -0.1) is 0 Å². The molecule has 4 aromatic rings. The summed E-state index contributed by atoms with van der Waals surface area (Å²) in [4.78, 5) is 66.1. The molecule has 5 aliphatic heterocycles. The van der Waals surface area contributed by atoms with Crippen LogP contribution < -0.4 is 15.1 Å². The van der Waals surface area contributed by atoms with E-state index in [0.717, 1.165) is 83.4 Å². The fourth-order valence-corrected chi connectivity index (χ4v) is 11.6. The molecule has 61 heavy (non-hydrogen) atoms. The Labute approximate surface area is 352 Å². The number of carbonyl (C=O) groups excluding carboxylic acids is 4. The summed E-state index contributed by atoms with van der Waals surface area (Å²) < 4.78 is 38.2. The number of likely N-dealkylation sites (tertiary alicyclic amines) is 1. The van der Waals surface area contributed by atoms with Crippen LogP contribution in [0.5, 0.6) is 0 Å². The second-order valence-corrected chi connectivity index (χ2v) is 19.0. The Balaban J connectivity index is 0.729. The Morgan fingerprint density at radius 1 is 0.934 bits per heavy atom. The molecule has 1 aromatic carbocycles. The van der Waals surface area contributed by atoms with Gasteiger partial charge in [-0.05, 0) is 94.0 Å². The molecule has 3 aromatic heterocycles. The third-order valence-corrected chi connectivity index (χ3v) is 15.7. The molecule has 7 aliphatic rings. The summed E-state index contributed by atoms with van der Waals surface area (Å²) in [5.74, 6) is -3.23. The highest BCUT2D eigenvalue weighted by Crippen LogP contribution is 2.71. The number of aromatic nitrogens is 4. The van der Waals surface area contributed by atoms with Crippen LogP contribution in [0, 0.1) is 22.7 Å². The Morgan fingerprint density at radius 2 is 1.74 bits per heavy atom. The Kier molecular flexibility index (Phi) is 9.00. The third kappa shape index (κ3) is 6.22. The quantitative estimate of drug-likeness (QED) is 0.216. The normalized spacial score (nSPS) is 28.6. The standard InChI is InChI=1S/C46H52F2N8O5/c1-44-25-35-32(24-36(44)46(44,47)48)40(52-56(35)39-4-2-3-21-61-39)34-22-28-5-7-30(23-33(28)50-34)55-20-15-45(43(55)60)13-18-54(19-14-45)42(59)27-11-16-53(17-12-27)37-9-6-29(26-49-37)31-8-10-38(57)51-41(31)58/h5-7,9,22-23,26-27,31,36,39,50H,2-4,8,10-21,24-25H2,1H3,(H,51,57,58)/t31?,36-,39?,44?/m0/s1. The smallest absolute Gasteiger partial charge is 0.258 e. The van der Waals surface area contributed by atoms with E-state index in [2.05, 4.69) is 20.2 Å². The zero-order chi connectivity index (χ0) is 41.8. The summed E-state index contributed by atoms with van der Waals surface area (Å²) in [7, 11) is 0. The van der Waals surface area contributed by atoms with E-state index < -0.39 is 22.7 Å². The lowest BCUT2D eigenvalue weighted by Gasteiger charge is -2.40. The Hall–Kier alpha value is -5.18. The third-order valence-electron chi connectivity index (χ3n) is 15.7. The molecular formula is C46H52F2N8O5. The number of ether oxygens (including phenoxy) is 1. The predicted molar refractivity (Wildman–Crippen MR) is 222 cm³/mol. The molecule has 15 heteroatoms. The number of imide groups is 1. The van der Waals surface area contributed by atoms with Crippen LogP contribution >= 0.6 is 0 Å². The molecule has 13 nitrogen and oxygen atoms in total. The molecule has 4 amide bonds. The lowest BCUT2D eigenvalue weighted by atomic mass is 9.76. The van der Waals surface area contributed by atoms with Gasteiger partial charge in [-0.25, -0.2) is 18.4 Å². The topological polar surface area (TPSA) is 146 Å². The van der Waals surface area contributed by atoms with Crippen LogP contribution in [-0.4, -0.2) is 93.5 Å². The van der Waals surface area contributed by atoms with Gasteiger partial charge in [0.15, 0.2) is 0 Å². The summed E-state index contributed by atoms with van der Waals surface area (Å²) in [6, 6.07) is 11.9. The SMILES string of the molecule is CC12Cc3c(c(-c4cc5ccc(N6CCC7(CCN(C(=O)C8CCN(c9ccc(C%10CCC(=O)NC%10=O)cn9)CC8)CC7)C6=O)cc5[nH]4)nn3C3CCCCO3)C[C@@H]1C2(F)F. The number of anilines is 2. The molecule has 1 saturated carbocycles. The van der Waals surface area contributed by atoms with Crippen LogP contribution in [0.4, 0.5) is 20.3 Å². The van der Waals surface area contributed by atoms with Gasteiger partial charge in [0.05, 0.1) is 17.0 Å². The lowest BCUT2D eigenvalue weighted by molar-refractivity contribution is -0.141. The van der Waals surface area contributed by atoms with Crippen molar-refractivity contribution >= 4 is 46.0 Å². The van der Waals surface area contributed by atoms with Gasteiger partial charge in [0, 0.05) is 103 Å². The number of H-pyrrole nitrogens is 1. The van der Waals surface area contributed by atoms with Crippen molar-refractivity contribution in [3.05, 3.63) is 59.4 Å². The first kappa shape index (κ1) is 38.7. The minimum Gasteiger partial charge on any atom is -0.357 e. The highest BCUT2D eigenvalue weighted by molar-refractivity contribution is 6.02. The number of piperidine rings is 3. The van der Waals surface area contributed by atoms with E-state index in [-0.39, 0.29) is 54.5 Å². The van der Waals surface area contributed by atoms with Crippen molar-refractivity contribution in [3.8, 4) is 11.4 Å². The Morgan fingerprint density at radius 3 is 2.48 bits per heavy atom. The number of rotatable bonds is 6. The minimum absolute atomic E-state index is 0.0732. The van der Waals surface area contributed by atoms with Crippen LogP contribution in [0.25, 0.3) is 22.3 Å². The number of alkyl halides is 2. The van der Waals surface area contributed by atoms with Crippen molar-refractivity contribution in [1.29, 1.82) is 0 Å². The summed E-state index contributed by atoms with van der Waals surface area (Å²) in [5, 5.41) is 8.44. The molecule has 5 saturated heterocycles. The number of aromatic amines is 1. The summed E-state index contributed by atoms with van der Waals surface area (Å²) >= 11 is 0. The molecule has 8 heterocycles. The number of carbonyl (C=O) groups is 4. The van der Waals surface area contributed by atoms with Gasteiger partial charge < -0.3 is 24.4 Å². The maximum absolute atomic E-state index is 15.1. The van der Waals surface area contributed by atoms with Crippen molar-refractivity contribution in [1.82, 2.24) is 30.0 Å². The minimum atomic E-state index is -2.70. The lowest BCUT2D eigenvalue weighted by Crippen LogP contribution is -2.49. The first-order chi connectivity index (χ1) is 29.4.